The van der Waals surface area contributed by atoms with Crippen LogP contribution in [0.2, 0.25) is 0 Å². The van der Waals surface area contributed by atoms with Crippen molar-refractivity contribution in [1.29, 1.82) is 0 Å². The Hall–Kier alpha value is -3.25. The van der Waals surface area contributed by atoms with E-state index in [1.54, 1.807) is 24.3 Å². The Kier molecular flexibility index (Phi) is 5.04. The number of nitrogens with zero attached hydrogens (tertiary/aromatic N) is 3. The lowest BCUT2D eigenvalue weighted by molar-refractivity contribution is -0.122. The molecule has 1 aliphatic rings. The van der Waals surface area contributed by atoms with E-state index in [4.69, 9.17) is 0 Å². The molecule has 0 aliphatic carbocycles. The molecule has 0 N–H and O–H groups in total. The molecule has 6 heteroatoms. The number of carbonyl (C=O) groups is 2. The lowest BCUT2D eigenvalue weighted by Crippen LogP contribution is -2.35. The Morgan fingerprint density at radius 3 is 2.50 bits per heavy atom. The number of hydrogen-bond acceptors (Lipinski definition) is 5. The maximum Gasteiger partial charge on any atom is 0.266 e. The van der Waals surface area contributed by atoms with Gasteiger partial charge in [-0.05, 0) is 29.8 Å². The van der Waals surface area contributed by atoms with Crippen molar-refractivity contribution >= 4 is 45.2 Å². The fourth-order valence-corrected chi connectivity index (χ4v) is 3.85. The van der Waals surface area contributed by atoms with Gasteiger partial charge in [-0.15, -0.1) is 5.10 Å². The highest BCUT2D eigenvalue weighted by molar-refractivity contribution is 8.15. The highest BCUT2D eigenvalue weighted by atomic mass is 32.2. The van der Waals surface area contributed by atoms with Gasteiger partial charge >= 0.3 is 0 Å². The van der Waals surface area contributed by atoms with E-state index in [-0.39, 0.29) is 17.6 Å². The van der Waals surface area contributed by atoms with E-state index in [2.05, 4.69) is 10.2 Å². The fraction of sp³-hybridized carbons (Fsp3) is 0.0909. The molecule has 0 radical (unpaired) electrons. The van der Waals surface area contributed by atoms with E-state index in [0.29, 0.717) is 10.7 Å². The maximum atomic E-state index is 12.7. The molecule has 1 heterocycles. The van der Waals surface area contributed by atoms with Crippen molar-refractivity contribution in [2.24, 2.45) is 10.2 Å². The van der Waals surface area contributed by atoms with Gasteiger partial charge in [0.05, 0.1) is 11.5 Å². The molecular formula is C22H17N3O2S. The van der Waals surface area contributed by atoms with E-state index in [1.807, 2.05) is 55.5 Å². The summed E-state index contributed by atoms with van der Waals surface area (Å²) in [6.07, 6.45) is 0. The molecule has 2 amide bonds. The molecule has 1 saturated heterocycles. The van der Waals surface area contributed by atoms with Gasteiger partial charge in [0.2, 0.25) is 5.91 Å². The van der Waals surface area contributed by atoms with Crippen molar-refractivity contribution in [3.8, 4) is 0 Å². The Morgan fingerprint density at radius 1 is 0.964 bits per heavy atom. The third-order valence-corrected chi connectivity index (χ3v) is 5.37. The van der Waals surface area contributed by atoms with Gasteiger partial charge in [-0.1, -0.05) is 72.4 Å². The minimum Gasteiger partial charge on any atom is -0.273 e. The van der Waals surface area contributed by atoms with Gasteiger partial charge in [-0.2, -0.15) is 5.10 Å². The van der Waals surface area contributed by atoms with E-state index >= 15 is 0 Å². The normalized spacial score (nSPS) is 16.2. The molecule has 28 heavy (non-hydrogen) atoms. The summed E-state index contributed by atoms with van der Waals surface area (Å²) < 4.78 is 0. The third kappa shape index (κ3) is 3.46. The van der Waals surface area contributed by atoms with Gasteiger partial charge in [0.1, 0.15) is 0 Å². The minimum atomic E-state index is -0.382. The van der Waals surface area contributed by atoms with E-state index in [1.165, 1.54) is 11.8 Å². The molecule has 3 aromatic carbocycles. The number of rotatable bonds is 3. The van der Waals surface area contributed by atoms with E-state index in [9.17, 15) is 9.59 Å². The smallest absolute Gasteiger partial charge is 0.266 e. The molecule has 0 unspecified atom stereocenters. The van der Waals surface area contributed by atoms with Crippen LogP contribution in [-0.2, 0) is 4.79 Å². The monoisotopic (exact) mass is 387 g/mol. The van der Waals surface area contributed by atoms with Crippen LogP contribution in [-0.4, -0.2) is 33.3 Å². The van der Waals surface area contributed by atoms with Crippen molar-refractivity contribution in [3.05, 3.63) is 83.9 Å². The van der Waals surface area contributed by atoms with Crippen molar-refractivity contribution in [2.45, 2.75) is 6.92 Å². The molecule has 0 bridgehead atoms. The predicted molar refractivity (Wildman–Crippen MR) is 114 cm³/mol. The topological polar surface area (TPSA) is 62.1 Å². The largest absolute Gasteiger partial charge is 0.273 e. The number of imide groups is 1. The molecule has 138 valence electrons. The van der Waals surface area contributed by atoms with Crippen molar-refractivity contribution in [1.82, 2.24) is 4.90 Å². The van der Waals surface area contributed by atoms with Crippen LogP contribution in [0.15, 0.2) is 83.0 Å². The maximum absolute atomic E-state index is 12.7. The number of thioether (sulfide) groups is 1. The zero-order valence-corrected chi connectivity index (χ0v) is 16.0. The zero-order chi connectivity index (χ0) is 19.5. The molecule has 3 aromatic rings. The van der Waals surface area contributed by atoms with E-state index < -0.39 is 0 Å². The minimum absolute atomic E-state index is 0.181. The quantitative estimate of drug-likeness (QED) is 0.382. The molecule has 1 fully saturated rings. The van der Waals surface area contributed by atoms with Crippen LogP contribution in [0.3, 0.4) is 0 Å². The number of amides is 2. The standard InChI is InChI=1S/C22H17N3O2S/c1-15(18-13-7-11-16-8-5-6-12-19(16)18)23-24-22-25(20(26)14-28-22)21(27)17-9-3-2-4-10-17/h2-13H,14H2,1H3/b23-15-,24-22+. The molecule has 0 saturated carbocycles. The number of amidine groups is 1. The SMILES string of the molecule is C/C(=N/N=C1/SCC(=O)N1C(=O)c1ccccc1)c1cccc2ccccc12. The lowest BCUT2D eigenvalue weighted by atomic mass is 10.0. The van der Waals surface area contributed by atoms with Crippen LogP contribution in [0.5, 0.6) is 0 Å². The van der Waals surface area contributed by atoms with Gasteiger partial charge in [0.25, 0.3) is 5.91 Å². The second-order valence-corrected chi connectivity index (χ2v) is 7.23. The average Bonchev–Trinajstić information content (AvgIpc) is 3.12. The van der Waals surface area contributed by atoms with Crippen molar-refractivity contribution < 1.29 is 9.59 Å². The van der Waals surface area contributed by atoms with Gasteiger partial charge in [-0.25, -0.2) is 4.90 Å². The van der Waals surface area contributed by atoms with Crippen molar-refractivity contribution in [3.63, 3.8) is 0 Å². The molecule has 5 nitrogen and oxygen atoms in total. The molecule has 0 aromatic heterocycles. The Labute approximate surface area is 166 Å². The zero-order valence-electron chi connectivity index (χ0n) is 15.2. The number of hydrogen-bond donors (Lipinski definition) is 0. The first-order valence-corrected chi connectivity index (χ1v) is 9.79. The first-order valence-electron chi connectivity index (χ1n) is 8.80. The summed E-state index contributed by atoms with van der Waals surface area (Å²) in [6.45, 7) is 1.87. The predicted octanol–water partition coefficient (Wildman–Crippen LogP) is 4.34. The molecule has 0 spiro atoms. The Balaban J connectivity index is 1.67. The van der Waals surface area contributed by atoms with Crippen LogP contribution >= 0.6 is 11.8 Å². The number of carbonyl (C=O) groups excluding carboxylic acids is 2. The van der Waals surface area contributed by atoms with Gasteiger partial charge in [-0.3, -0.25) is 9.59 Å². The lowest BCUT2D eigenvalue weighted by Gasteiger charge is -2.13. The Bertz CT molecular complexity index is 1120. The molecular weight excluding hydrogens is 370 g/mol. The van der Waals surface area contributed by atoms with Crippen LogP contribution in [0.1, 0.15) is 22.8 Å². The van der Waals surface area contributed by atoms with Gasteiger partial charge in [0, 0.05) is 11.1 Å². The van der Waals surface area contributed by atoms with Crippen LogP contribution in [0.4, 0.5) is 0 Å². The highest BCUT2D eigenvalue weighted by Gasteiger charge is 2.34. The number of benzene rings is 3. The summed E-state index contributed by atoms with van der Waals surface area (Å²) in [5.41, 5.74) is 2.13. The summed E-state index contributed by atoms with van der Waals surface area (Å²) in [5, 5.41) is 11.1. The van der Waals surface area contributed by atoms with Crippen LogP contribution < -0.4 is 0 Å². The molecule has 1 aliphatic heterocycles. The summed E-state index contributed by atoms with van der Waals surface area (Å²) in [4.78, 5) is 26.1. The van der Waals surface area contributed by atoms with Gasteiger partial charge < -0.3 is 0 Å². The second kappa shape index (κ2) is 7.78. The van der Waals surface area contributed by atoms with Crippen LogP contribution in [0.25, 0.3) is 10.8 Å². The molecule has 4 rings (SSSR count). The third-order valence-electron chi connectivity index (χ3n) is 4.45. The van der Waals surface area contributed by atoms with Crippen LogP contribution in [0, 0.1) is 0 Å². The highest BCUT2D eigenvalue weighted by Crippen LogP contribution is 2.23. The summed E-state index contributed by atoms with van der Waals surface area (Å²) in [7, 11) is 0. The van der Waals surface area contributed by atoms with Gasteiger partial charge in [0.15, 0.2) is 5.17 Å². The molecule has 0 atom stereocenters. The second-order valence-electron chi connectivity index (χ2n) is 6.28. The summed E-state index contributed by atoms with van der Waals surface area (Å²) >= 11 is 1.22. The number of fused-ring (bicyclic) bond motifs is 1. The first-order chi connectivity index (χ1) is 13.6. The average molecular weight is 387 g/mol. The summed E-state index contributed by atoms with van der Waals surface area (Å²) in [6, 6.07) is 22.8. The fourth-order valence-electron chi connectivity index (χ4n) is 3.06. The van der Waals surface area contributed by atoms with E-state index in [0.717, 1.165) is 26.9 Å². The van der Waals surface area contributed by atoms with Crippen molar-refractivity contribution in [2.75, 3.05) is 5.75 Å². The Morgan fingerprint density at radius 2 is 1.68 bits per heavy atom. The first kappa shape index (κ1) is 18.1. The summed E-state index contributed by atoms with van der Waals surface area (Å²) in [5.74, 6) is -0.483.